The van der Waals surface area contributed by atoms with Crippen molar-refractivity contribution in [3.63, 3.8) is 0 Å². The van der Waals surface area contributed by atoms with Gasteiger partial charge in [0.15, 0.2) is 5.60 Å². The molecule has 0 unspecified atom stereocenters. The zero-order valence-electron chi connectivity index (χ0n) is 23.9. The number of aryl methyl sites for hydroxylation is 1. The molecule has 0 saturated carbocycles. The highest BCUT2D eigenvalue weighted by molar-refractivity contribution is 7.15. The number of carbonyl (C=O) groups excluding carboxylic acids is 2. The SMILES string of the molecule is CCC1=CC(c2ccc(C(=O)Nc3nc4cc5c(cc4n3CCCN3CCOCC3)OC(C)(C)C(=O)N5)s2)=CCC1. The van der Waals surface area contributed by atoms with E-state index in [0.29, 0.717) is 34.3 Å². The van der Waals surface area contributed by atoms with Gasteiger partial charge in [0, 0.05) is 37.1 Å². The number of ether oxygens (including phenoxy) is 2. The molecule has 3 aromatic rings. The number of aromatic nitrogens is 2. The van der Waals surface area contributed by atoms with E-state index in [1.807, 2.05) is 24.3 Å². The number of benzene rings is 1. The van der Waals surface area contributed by atoms with Crippen molar-refractivity contribution in [2.45, 2.75) is 58.6 Å². The summed E-state index contributed by atoms with van der Waals surface area (Å²) in [6, 6.07) is 7.66. The molecule has 1 aliphatic carbocycles. The summed E-state index contributed by atoms with van der Waals surface area (Å²) in [6.07, 6.45) is 8.59. The van der Waals surface area contributed by atoms with Crippen molar-refractivity contribution >= 4 is 51.4 Å². The summed E-state index contributed by atoms with van der Waals surface area (Å²) in [4.78, 5) is 34.9. The monoisotopic (exact) mass is 575 g/mol. The van der Waals surface area contributed by atoms with Gasteiger partial charge in [-0.05, 0) is 63.3 Å². The molecule has 2 N–H and O–H groups in total. The number of nitrogens with zero attached hydrogens (tertiary/aromatic N) is 3. The zero-order valence-corrected chi connectivity index (χ0v) is 24.7. The van der Waals surface area contributed by atoms with Crippen LogP contribution in [-0.2, 0) is 16.1 Å². The van der Waals surface area contributed by atoms with Gasteiger partial charge in [-0.2, -0.15) is 0 Å². The lowest BCUT2D eigenvalue weighted by atomic mass is 9.97. The van der Waals surface area contributed by atoms with Gasteiger partial charge in [-0.3, -0.25) is 19.8 Å². The van der Waals surface area contributed by atoms with E-state index in [0.717, 1.165) is 68.9 Å². The first-order valence-electron chi connectivity index (χ1n) is 14.5. The van der Waals surface area contributed by atoms with E-state index in [1.165, 1.54) is 22.5 Å². The van der Waals surface area contributed by atoms with Crippen LogP contribution in [0.15, 0.2) is 42.0 Å². The highest BCUT2D eigenvalue weighted by Gasteiger charge is 2.36. The number of anilines is 2. The summed E-state index contributed by atoms with van der Waals surface area (Å²) in [6.45, 7) is 10.7. The van der Waals surface area contributed by atoms with Crippen LogP contribution in [0.4, 0.5) is 11.6 Å². The average Bonchev–Trinajstić information content (AvgIpc) is 3.59. The smallest absolute Gasteiger partial charge is 0.268 e. The Kier molecular flexibility index (Phi) is 7.72. The molecule has 0 bridgehead atoms. The number of carbonyl (C=O) groups is 2. The van der Waals surface area contributed by atoms with Crippen LogP contribution in [0.1, 0.15) is 61.0 Å². The molecule has 2 aromatic heterocycles. The summed E-state index contributed by atoms with van der Waals surface area (Å²) in [5.41, 5.74) is 3.79. The van der Waals surface area contributed by atoms with Crippen LogP contribution in [0.3, 0.4) is 0 Å². The fourth-order valence-electron chi connectivity index (χ4n) is 5.52. The summed E-state index contributed by atoms with van der Waals surface area (Å²) in [5, 5.41) is 6.02. The first kappa shape index (κ1) is 27.7. The van der Waals surface area contributed by atoms with Gasteiger partial charge in [0.25, 0.3) is 11.8 Å². The molecule has 41 heavy (non-hydrogen) atoms. The minimum Gasteiger partial charge on any atom is -0.476 e. The largest absolute Gasteiger partial charge is 0.476 e. The van der Waals surface area contributed by atoms with E-state index < -0.39 is 5.60 Å². The Bertz CT molecular complexity index is 1540. The second-order valence-electron chi connectivity index (χ2n) is 11.3. The van der Waals surface area contributed by atoms with Crippen LogP contribution >= 0.6 is 11.3 Å². The molecule has 0 atom stereocenters. The highest BCUT2D eigenvalue weighted by atomic mass is 32.1. The molecule has 1 aromatic carbocycles. The number of thiophene rings is 1. The van der Waals surface area contributed by atoms with Crippen molar-refractivity contribution in [3.8, 4) is 5.75 Å². The number of hydrogen-bond acceptors (Lipinski definition) is 7. The number of rotatable bonds is 8. The fraction of sp³-hybridized carbons (Fsp3) is 0.452. The third-order valence-corrected chi connectivity index (χ3v) is 9.09. The quantitative estimate of drug-likeness (QED) is 0.358. The number of nitrogens with one attached hydrogen (secondary N) is 2. The summed E-state index contributed by atoms with van der Waals surface area (Å²) >= 11 is 1.50. The zero-order chi connectivity index (χ0) is 28.6. The van der Waals surface area contributed by atoms with Crippen molar-refractivity contribution in [2.24, 2.45) is 0 Å². The Labute approximate surface area is 244 Å². The van der Waals surface area contributed by atoms with E-state index in [9.17, 15) is 9.59 Å². The van der Waals surface area contributed by atoms with E-state index in [2.05, 4.69) is 39.2 Å². The third-order valence-electron chi connectivity index (χ3n) is 7.95. The normalized spacial score (nSPS) is 18.8. The molecular weight excluding hydrogens is 538 g/mol. The van der Waals surface area contributed by atoms with Crippen LogP contribution in [0.25, 0.3) is 16.6 Å². The molecule has 3 aliphatic rings. The number of morpholine rings is 1. The van der Waals surface area contributed by atoms with Crippen LogP contribution < -0.4 is 15.4 Å². The molecule has 6 rings (SSSR count). The average molecular weight is 576 g/mol. The highest BCUT2D eigenvalue weighted by Crippen LogP contribution is 2.38. The maximum atomic E-state index is 13.5. The minimum absolute atomic E-state index is 0.183. The maximum absolute atomic E-state index is 13.5. The molecule has 10 heteroatoms. The summed E-state index contributed by atoms with van der Waals surface area (Å²) in [7, 11) is 0. The molecule has 216 valence electrons. The molecule has 0 spiro atoms. The Hall–Kier alpha value is -3.47. The van der Waals surface area contributed by atoms with Crippen molar-refractivity contribution in [1.82, 2.24) is 14.5 Å². The lowest BCUT2D eigenvalue weighted by molar-refractivity contribution is -0.129. The first-order chi connectivity index (χ1) is 19.8. The van der Waals surface area contributed by atoms with Crippen LogP contribution in [0.5, 0.6) is 5.75 Å². The minimum atomic E-state index is -0.976. The lowest BCUT2D eigenvalue weighted by Crippen LogP contribution is -2.45. The second kappa shape index (κ2) is 11.4. The maximum Gasteiger partial charge on any atom is 0.268 e. The molecule has 2 aliphatic heterocycles. The number of fused-ring (bicyclic) bond motifs is 2. The number of amides is 2. The lowest BCUT2D eigenvalue weighted by Gasteiger charge is -2.31. The van der Waals surface area contributed by atoms with Crippen molar-refractivity contribution < 1.29 is 19.1 Å². The van der Waals surface area contributed by atoms with Crippen LogP contribution in [0, 0.1) is 0 Å². The van der Waals surface area contributed by atoms with Crippen molar-refractivity contribution in [1.29, 1.82) is 0 Å². The van der Waals surface area contributed by atoms with Gasteiger partial charge in [-0.1, -0.05) is 24.6 Å². The number of allylic oxidation sites excluding steroid dienone is 4. The van der Waals surface area contributed by atoms with Gasteiger partial charge in [-0.25, -0.2) is 4.98 Å². The first-order valence-corrected chi connectivity index (χ1v) is 15.3. The molecule has 2 amide bonds. The van der Waals surface area contributed by atoms with Gasteiger partial charge < -0.3 is 19.4 Å². The molecule has 1 fully saturated rings. The Morgan fingerprint density at radius 1 is 1.20 bits per heavy atom. The van der Waals surface area contributed by atoms with E-state index in [4.69, 9.17) is 14.5 Å². The predicted octanol–water partition coefficient (Wildman–Crippen LogP) is 5.70. The summed E-state index contributed by atoms with van der Waals surface area (Å²) < 4.78 is 13.6. The van der Waals surface area contributed by atoms with E-state index in [1.54, 1.807) is 13.8 Å². The molecule has 1 saturated heterocycles. The van der Waals surface area contributed by atoms with Gasteiger partial charge >= 0.3 is 0 Å². The third kappa shape index (κ3) is 5.82. The molecular formula is C31H37N5O4S. The van der Waals surface area contributed by atoms with Crippen LogP contribution in [0.2, 0.25) is 0 Å². The Morgan fingerprint density at radius 3 is 2.83 bits per heavy atom. The molecule has 0 radical (unpaired) electrons. The molecule has 9 nitrogen and oxygen atoms in total. The van der Waals surface area contributed by atoms with E-state index in [-0.39, 0.29) is 11.8 Å². The second-order valence-corrected chi connectivity index (χ2v) is 12.4. The predicted molar refractivity (Wildman–Crippen MR) is 163 cm³/mol. The summed E-state index contributed by atoms with van der Waals surface area (Å²) in [5.74, 6) is 0.695. The van der Waals surface area contributed by atoms with Crippen molar-refractivity contribution in [2.75, 3.05) is 43.5 Å². The Balaban J connectivity index is 1.27. The van der Waals surface area contributed by atoms with Crippen molar-refractivity contribution in [3.05, 3.63) is 51.7 Å². The number of imidazole rings is 1. The van der Waals surface area contributed by atoms with Gasteiger partial charge in [-0.15, -0.1) is 11.3 Å². The van der Waals surface area contributed by atoms with E-state index >= 15 is 0 Å². The Morgan fingerprint density at radius 2 is 2.02 bits per heavy atom. The topological polar surface area (TPSA) is 97.7 Å². The number of hydrogen-bond donors (Lipinski definition) is 2. The van der Waals surface area contributed by atoms with Crippen LogP contribution in [-0.4, -0.2) is 64.7 Å². The standard InChI is InChI=1S/C31H37N5O4S/c1-4-20-7-5-8-21(17-20)26-9-10-27(41-26)28(37)34-30-33-22-18-23-25(40-31(2,3)29(38)32-23)19-24(22)36(30)12-6-11-35-13-15-39-16-14-35/h8-10,17-19H,4-7,11-16H2,1-3H3,(H,32,38)(H,33,34,37). The van der Waals surface area contributed by atoms with Gasteiger partial charge in [0.1, 0.15) is 5.75 Å². The van der Waals surface area contributed by atoms with Gasteiger partial charge in [0.2, 0.25) is 5.95 Å². The van der Waals surface area contributed by atoms with Gasteiger partial charge in [0.05, 0.1) is 34.8 Å². The molecule has 4 heterocycles. The fourth-order valence-corrected chi connectivity index (χ4v) is 6.43.